The maximum Gasteiger partial charge on any atom is 0.229 e. The van der Waals surface area contributed by atoms with Crippen molar-refractivity contribution in [3.63, 3.8) is 0 Å². The minimum Gasteiger partial charge on any atom is -0.497 e. The smallest absolute Gasteiger partial charge is 0.229 e. The number of anilines is 1. The van der Waals surface area contributed by atoms with Crippen LogP contribution in [0, 0.1) is 5.41 Å². The summed E-state index contributed by atoms with van der Waals surface area (Å²) in [6.07, 6.45) is 0. The van der Waals surface area contributed by atoms with Crippen molar-refractivity contribution in [2.24, 2.45) is 5.41 Å². The van der Waals surface area contributed by atoms with Crippen LogP contribution in [0.1, 0.15) is 20.8 Å². The Kier molecular flexibility index (Phi) is 3.97. The third kappa shape index (κ3) is 3.22. The Morgan fingerprint density at radius 1 is 1.04 bits per heavy atom. The van der Waals surface area contributed by atoms with Crippen LogP contribution in [-0.4, -0.2) is 28.0 Å². The number of nitrogens with zero attached hydrogens (tertiary/aromatic N) is 3. The third-order valence-electron chi connectivity index (χ3n) is 3.62. The van der Waals surface area contributed by atoms with Gasteiger partial charge in [0.05, 0.1) is 12.8 Å². The highest BCUT2D eigenvalue weighted by atomic mass is 16.5. The van der Waals surface area contributed by atoms with E-state index in [-0.39, 0.29) is 5.91 Å². The van der Waals surface area contributed by atoms with Crippen molar-refractivity contribution in [3.05, 3.63) is 42.5 Å². The predicted octanol–water partition coefficient (Wildman–Crippen LogP) is 3.41. The number of aromatic nitrogens is 3. The van der Waals surface area contributed by atoms with Crippen molar-refractivity contribution in [2.45, 2.75) is 20.8 Å². The van der Waals surface area contributed by atoms with Gasteiger partial charge in [-0.2, -0.15) is 4.80 Å². The van der Waals surface area contributed by atoms with Crippen molar-refractivity contribution in [1.29, 1.82) is 0 Å². The number of benzene rings is 2. The van der Waals surface area contributed by atoms with E-state index in [0.717, 1.165) is 22.5 Å². The number of ether oxygens (including phenoxy) is 1. The molecule has 1 amide bonds. The minimum absolute atomic E-state index is 0.0376. The highest BCUT2D eigenvalue weighted by molar-refractivity contribution is 5.96. The highest BCUT2D eigenvalue weighted by Gasteiger charge is 2.21. The first-order chi connectivity index (χ1) is 11.4. The Balaban J connectivity index is 1.89. The van der Waals surface area contributed by atoms with Crippen LogP contribution in [-0.2, 0) is 4.79 Å². The average Bonchev–Trinajstić information content (AvgIpc) is 2.97. The summed E-state index contributed by atoms with van der Waals surface area (Å²) in [5, 5.41) is 11.8. The number of amides is 1. The molecule has 3 rings (SSSR count). The predicted molar refractivity (Wildman–Crippen MR) is 93.5 cm³/mol. The topological polar surface area (TPSA) is 69.0 Å². The Bertz CT molecular complexity index is 876. The molecule has 6 nitrogen and oxygen atoms in total. The molecule has 0 saturated heterocycles. The molecular formula is C18H20N4O2. The Labute approximate surface area is 140 Å². The van der Waals surface area contributed by atoms with Gasteiger partial charge in [-0.25, -0.2) is 0 Å². The molecule has 1 aromatic heterocycles. The number of carbonyl (C=O) groups excluding carboxylic acids is 1. The Hall–Kier alpha value is -2.89. The summed E-state index contributed by atoms with van der Waals surface area (Å²) in [6.45, 7) is 5.63. The van der Waals surface area contributed by atoms with E-state index in [9.17, 15) is 4.79 Å². The lowest BCUT2D eigenvalue weighted by molar-refractivity contribution is -0.123. The first-order valence-corrected chi connectivity index (χ1v) is 7.70. The molecule has 0 aliphatic carbocycles. The number of hydrogen-bond acceptors (Lipinski definition) is 4. The molecule has 0 spiro atoms. The number of hydrogen-bond donors (Lipinski definition) is 1. The summed E-state index contributed by atoms with van der Waals surface area (Å²) in [7, 11) is 1.63. The molecule has 2 aromatic carbocycles. The molecule has 0 bridgehead atoms. The zero-order valence-corrected chi connectivity index (χ0v) is 14.2. The van der Waals surface area contributed by atoms with Crippen molar-refractivity contribution in [1.82, 2.24) is 15.0 Å². The molecule has 0 radical (unpaired) electrons. The lowest BCUT2D eigenvalue weighted by Crippen LogP contribution is -2.27. The fourth-order valence-electron chi connectivity index (χ4n) is 2.14. The Morgan fingerprint density at radius 3 is 2.33 bits per heavy atom. The zero-order valence-electron chi connectivity index (χ0n) is 14.2. The van der Waals surface area contributed by atoms with Crippen molar-refractivity contribution < 1.29 is 9.53 Å². The molecule has 1 N–H and O–H groups in total. The lowest BCUT2D eigenvalue weighted by atomic mass is 9.95. The van der Waals surface area contributed by atoms with Crippen LogP contribution in [0.4, 0.5) is 5.69 Å². The standard InChI is InChI=1S/C18H20N4O2/c1-18(2,3)17(23)19-12-5-10-15-16(11-12)21-22(20-15)13-6-8-14(24-4)9-7-13/h5-11H,1-4H3,(H,19,23). The van der Waals surface area contributed by atoms with Gasteiger partial charge in [-0.05, 0) is 42.5 Å². The van der Waals surface area contributed by atoms with Gasteiger partial charge in [-0.1, -0.05) is 20.8 Å². The lowest BCUT2D eigenvalue weighted by Gasteiger charge is -2.17. The second-order valence-corrected chi connectivity index (χ2v) is 6.60. The molecule has 0 fully saturated rings. The summed E-state index contributed by atoms with van der Waals surface area (Å²) >= 11 is 0. The van der Waals surface area contributed by atoms with Gasteiger partial charge in [-0.15, -0.1) is 10.2 Å². The van der Waals surface area contributed by atoms with Crippen LogP contribution in [0.3, 0.4) is 0 Å². The molecule has 1 heterocycles. The highest BCUT2D eigenvalue weighted by Crippen LogP contribution is 2.21. The number of fused-ring (bicyclic) bond motifs is 1. The number of methoxy groups -OCH3 is 1. The van der Waals surface area contributed by atoms with Gasteiger partial charge in [0.1, 0.15) is 16.8 Å². The summed E-state index contributed by atoms with van der Waals surface area (Å²) in [5.74, 6) is 0.743. The Morgan fingerprint density at radius 2 is 1.71 bits per heavy atom. The first kappa shape index (κ1) is 16.0. The van der Waals surface area contributed by atoms with Gasteiger partial charge in [0.25, 0.3) is 0 Å². The quantitative estimate of drug-likeness (QED) is 0.801. The molecule has 0 atom stereocenters. The largest absolute Gasteiger partial charge is 0.497 e. The van der Waals surface area contributed by atoms with Gasteiger partial charge < -0.3 is 10.1 Å². The molecule has 0 aliphatic heterocycles. The summed E-state index contributed by atoms with van der Waals surface area (Å²) in [5.41, 5.74) is 2.59. The van der Waals surface area contributed by atoms with E-state index >= 15 is 0 Å². The van der Waals surface area contributed by atoms with Crippen molar-refractivity contribution >= 4 is 22.6 Å². The van der Waals surface area contributed by atoms with Crippen LogP contribution in [0.15, 0.2) is 42.5 Å². The summed E-state index contributed by atoms with van der Waals surface area (Å²) < 4.78 is 5.15. The fraction of sp³-hybridized carbons (Fsp3) is 0.278. The van der Waals surface area contributed by atoms with Crippen molar-refractivity contribution in [2.75, 3.05) is 12.4 Å². The molecular weight excluding hydrogens is 304 g/mol. The number of nitrogens with one attached hydrogen (secondary N) is 1. The van der Waals surface area contributed by atoms with Crippen LogP contribution < -0.4 is 10.1 Å². The van der Waals surface area contributed by atoms with Crippen LogP contribution in [0.25, 0.3) is 16.7 Å². The average molecular weight is 324 g/mol. The molecule has 0 aliphatic rings. The first-order valence-electron chi connectivity index (χ1n) is 7.70. The van der Waals surface area contributed by atoms with Crippen molar-refractivity contribution in [3.8, 4) is 11.4 Å². The number of carbonyl (C=O) groups is 1. The van der Waals surface area contributed by atoms with E-state index in [4.69, 9.17) is 4.74 Å². The normalized spacial score (nSPS) is 11.5. The van der Waals surface area contributed by atoms with Gasteiger partial charge in [0.15, 0.2) is 0 Å². The van der Waals surface area contributed by atoms with E-state index in [1.54, 1.807) is 11.9 Å². The molecule has 0 saturated carbocycles. The molecule has 3 aromatic rings. The SMILES string of the molecule is COc1ccc(-n2nc3ccc(NC(=O)C(C)(C)C)cc3n2)cc1. The summed E-state index contributed by atoms with van der Waals surface area (Å²) in [4.78, 5) is 13.7. The van der Waals surface area contributed by atoms with Gasteiger partial charge in [-0.3, -0.25) is 4.79 Å². The van der Waals surface area contributed by atoms with Gasteiger partial charge in [0, 0.05) is 11.1 Å². The maximum absolute atomic E-state index is 12.1. The van der Waals surface area contributed by atoms with Gasteiger partial charge >= 0.3 is 0 Å². The molecule has 124 valence electrons. The zero-order chi connectivity index (χ0) is 17.3. The molecule has 24 heavy (non-hydrogen) atoms. The van der Waals surface area contributed by atoms with Crippen LogP contribution in [0.5, 0.6) is 5.75 Å². The molecule has 6 heteroatoms. The van der Waals surface area contributed by atoms with E-state index < -0.39 is 5.41 Å². The van der Waals surface area contributed by atoms with Crippen LogP contribution >= 0.6 is 0 Å². The van der Waals surface area contributed by atoms with Crippen LogP contribution in [0.2, 0.25) is 0 Å². The second-order valence-electron chi connectivity index (χ2n) is 6.60. The van der Waals surface area contributed by atoms with E-state index in [0.29, 0.717) is 5.69 Å². The maximum atomic E-state index is 12.1. The monoisotopic (exact) mass is 324 g/mol. The second kappa shape index (κ2) is 5.96. The van der Waals surface area contributed by atoms with E-state index in [1.807, 2.05) is 63.2 Å². The summed E-state index contributed by atoms with van der Waals surface area (Å²) in [6, 6.07) is 13.0. The minimum atomic E-state index is -0.449. The number of rotatable bonds is 3. The van der Waals surface area contributed by atoms with E-state index in [1.165, 1.54) is 0 Å². The van der Waals surface area contributed by atoms with Gasteiger partial charge in [0.2, 0.25) is 5.91 Å². The fourth-order valence-corrected chi connectivity index (χ4v) is 2.14. The van der Waals surface area contributed by atoms with E-state index in [2.05, 4.69) is 15.5 Å². The molecule has 0 unspecified atom stereocenters. The third-order valence-corrected chi connectivity index (χ3v) is 3.62.